The second-order valence-corrected chi connectivity index (χ2v) is 8.79. The summed E-state index contributed by atoms with van der Waals surface area (Å²) in [6.07, 6.45) is 1.88. The third-order valence-corrected chi connectivity index (χ3v) is 5.95. The van der Waals surface area contributed by atoms with Crippen LogP contribution < -0.4 is 9.42 Å². The van der Waals surface area contributed by atoms with E-state index in [0.717, 1.165) is 15.6 Å². The molecule has 9 heteroatoms. The smallest absolute Gasteiger partial charge is 0.388 e. The van der Waals surface area contributed by atoms with Gasteiger partial charge in [0.1, 0.15) is 5.54 Å². The summed E-state index contributed by atoms with van der Waals surface area (Å²) in [7, 11) is -0.517. The fourth-order valence-electron chi connectivity index (χ4n) is 3.71. The van der Waals surface area contributed by atoms with Gasteiger partial charge in [0.15, 0.2) is 0 Å². The highest BCUT2D eigenvalue weighted by molar-refractivity contribution is 9.10. The van der Waals surface area contributed by atoms with Crippen LogP contribution in [-0.4, -0.2) is 15.5 Å². The van der Waals surface area contributed by atoms with E-state index < -0.39 is 14.2 Å². The number of imidazole rings is 1. The highest BCUT2D eigenvalue weighted by atomic mass is 79.9. The van der Waals surface area contributed by atoms with Gasteiger partial charge < -0.3 is 4.52 Å². The van der Waals surface area contributed by atoms with Gasteiger partial charge in [-0.15, -0.1) is 0 Å². The predicted molar refractivity (Wildman–Crippen MR) is 115 cm³/mol. The van der Waals surface area contributed by atoms with Gasteiger partial charge in [0.2, 0.25) is 11.8 Å². The van der Waals surface area contributed by atoms with Crippen molar-refractivity contribution in [1.82, 2.24) is 9.55 Å². The SMILES string of the molecule is Cc1cc(Cl)cc(N2C(=O)[C@@](C)(Cc3ccc(Br)cc3)n3c(OP=O)cnc32)c1. The number of nitrogens with zero attached hydrogens (tertiary/aromatic N) is 3. The quantitative estimate of drug-likeness (QED) is 0.421. The number of halogens is 2. The molecule has 1 aliphatic heterocycles. The largest absolute Gasteiger partial charge is 0.397 e. The molecule has 1 aromatic heterocycles. The van der Waals surface area contributed by atoms with Crippen LogP contribution >= 0.6 is 36.2 Å². The van der Waals surface area contributed by atoms with Crippen LogP contribution in [0.25, 0.3) is 0 Å². The Labute approximate surface area is 182 Å². The average Bonchev–Trinajstić information content (AvgIpc) is 3.15. The summed E-state index contributed by atoms with van der Waals surface area (Å²) in [4.78, 5) is 19.6. The van der Waals surface area contributed by atoms with Crippen molar-refractivity contribution < 1.29 is 13.9 Å². The third kappa shape index (κ3) is 3.48. The first-order valence-corrected chi connectivity index (χ1v) is 10.7. The first-order valence-electron chi connectivity index (χ1n) is 8.77. The molecule has 3 aromatic rings. The summed E-state index contributed by atoms with van der Waals surface area (Å²) in [5.41, 5.74) is 1.50. The number of rotatable bonds is 5. The van der Waals surface area contributed by atoms with E-state index in [1.165, 1.54) is 11.1 Å². The molecule has 0 bridgehead atoms. The predicted octanol–water partition coefficient (Wildman–Crippen LogP) is 5.83. The number of hydrogen-bond acceptors (Lipinski definition) is 4. The molecule has 29 heavy (non-hydrogen) atoms. The summed E-state index contributed by atoms with van der Waals surface area (Å²) in [6.45, 7) is 3.74. The van der Waals surface area contributed by atoms with Crippen LogP contribution in [0.4, 0.5) is 11.6 Å². The third-order valence-electron chi connectivity index (χ3n) is 4.95. The Hall–Kier alpha value is -2.21. The van der Waals surface area contributed by atoms with E-state index in [2.05, 4.69) is 20.9 Å². The Morgan fingerprint density at radius 1 is 1.24 bits per heavy atom. The Kier molecular flexibility index (Phi) is 5.23. The molecule has 0 radical (unpaired) electrons. The second-order valence-electron chi connectivity index (χ2n) is 7.10. The lowest BCUT2D eigenvalue weighted by Crippen LogP contribution is -2.41. The van der Waals surface area contributed by atoms with Crippen molar-refractivity contribution in [2.75, 3.05) is 4.90 Å². The lowest BCUT2D eigenvalue weighted by Gasteiger charge is -2.26. The van der Waals surface area contributed by atoms with Crippen molar-refractivity contribution in [2.45, 2.75) is 25.8 Å². The van der Waals surface area contributed by atoms with Gasteiger partial charge in [-0.25, -0.2) is 14.4 Å². The van der Waals surface area contributed by atoms with Gasteiger partial charge in [0, 0.05) is 15.9 Å². The van der Waals surface area contributed by atoms with Gasteiger partial charge in [-0.1, -0.05) is 39.7 Å². The number of fused-ring (bicyclic) bond motifs is 1. The maximum Gasteiger partial charge on any atom is 0.397 e. The number of aryl methyl sites for hydroxylation is 1. The van der Waals surface area contributed by atoms with Crippen LogP contribution in [-0.2, 0) is 21.3 Å². The minimum atomic E-state index is -1.02. The zero-order valence-electron chi connectivity index (χ0n) is 15.6. The minimum absolute atomic E-state index is 0.169. The van der Waals surface area contributed by atoms with Crippen molar-refractivity contribution in [3.8, 4) is 5.88 Å². The highest BCUT2D eigenvalue weighted by Gasteiger charge is 2.50. The van der Waals surface area contributed by atoms with Crippen LogP contribution in [0.1, 0.15) is 18.1 Å². The van der Waals surface area contributed by atoms with E-state index in [0.29, 0.717) is 23.1 Å². The number of hydrogen-bond donors (Lipinski definition) is 0. The van der Waals surface area contributed by atoms with Gasteiger partial charge in [-0.2, -0.15) is 0 Å². The van der Waals surface area contributed by atoms with E-state index in [9.17, 15) is 9.36 Å². The van der Waals surface area contributed by atoms with Gasteiger partial charge in [0.05, 0.1) is 11.9 Å². The first kappa shape index (κ1) is 20.1. The summed E-state index contributed by atoms with van der Waals surface area (Å²) < 4.78 is 19.0. The Balaban J connectivity index is 1.86. The molecule has 1 aliphatic rings. The van der Waals surface area contributed by atoms with E-state index in [1.807, 2.05) is 50.2 Å². The van der Waals surface area contributed by atoms with Gasteiger partial charge in [0.25, 0.3) is 5.91 Å². The van der Waals surface area contributed by atoms with E-state index in [1.54, 1.807) is 10.6 Å². The van der Waals surface area contributed by atoms with Crippen molar-refractivity contribution in [3.63, 3.8) is 0 Å². The fraction of sp³-hybridized carbons (Fsp3) is 0.200. The Morgan fingerprint density at radius 3 is 2.62 bits per heavy atom. The molecule has 0 saturated carbocycles. The lowest BCUT2D eigenvalue weighted by atomic mass is 9.92. The molecule has 0 fully saturated rings. The molecule has 2 heterocycles. The van der Waals surface area contributed by atoms with Crippen LogP contribution in [0.3, 0.4) is 0 Å². The summed E-state index contributed by atoms with van der Waals surface area (Å²) in [6, 6.07) is 13.2. The maximum absolute atomic E-state index is 13.7. The van der Waals surface area contributed by atoms with E-state index in [-0.39, 0.29) is 11.8 Å². The second kappa shape index (κ2) is 7.56. The van der Waals surface area contributed by atoms with Crippen molar-refractivity contribution >= 4 is 53.8 Å². The molecule has 0 unspecified atom stereocenters. The van der Waals surface area contributed by atoms with Gasteiger partial charge in [-0.05, 0) is 55.3 Å². The molecule has 0 aliphatic carbocycles. The molecule has 0 N–H and O–H groups in total. The number of aromatic nitrogens is 2. The fourth-order valence-corrected chi connectivity index (χ4v) is 4.47. The van der Waals surface area contributed by atoms with Crippen molar-refractivity contribution in [1.29, 1.82) is 0 Å². The molecular formula is C20H16BrClN3O3P. The number of carbonyl (C=O) groups excluding carboxylic acids is 1. The topological polar surface area (TPSA) is 64.4 Å². The molecule has 6 nitrogen and oxygen atoms in total. The molecule has 0 spiro atoms. The highest BCUT2D eigenvalue weighted by Crippen LogP contribution is 2.45. The first-order chi connectivity index (χ1) is 13.8. The number of anilines is 2. The molecule has 4 rings (SSSR count). The molecular weight excluding hydrogens is 477 g/mol. The monoisotopic (exact) mass is 491 g/mol. The number of benzene rings is 2. The zero-order valence-corrected chi connectivity index (χ0v) is 18.8. The standard InChI is InChI=1S/C20H16BrClN3O3P/c1-12-7-15(22)9-16(8-12)24-18(26)20(2,10-13-3-5-14(21)6-4-13)25-17(28-29-27)11-23-19(24)25/h3-9,11H,10H2,1-2H3/t20-/m1/s1. The summed E-state index contributed by atoms with van der Waals surface area (Å²) in [5.74, 6) is 0.485. The molecule has 148 valence electrons. The minimum Gasteiger partial charge on any atom is -0.388 e. The van der Waals surface area contributed by atoms with E-state index >= 15 is 0 Å². The van der Waals surface area contributed by atoms with Gasteiger partial charge >= 0.3 is 8.69 Å². The van der Waals surface area contributed by atoms with Crippen LogP contribution in [0.5, 0.6) is 5.88 Å². The maximum atomic E-state index is 13.7. The molecule has 0 saturated heterocycles. The number of amides is 1. The van der Waals surface area contributed by atoms with Crippen LogP contribution in [0.2, 0.25) is 5.02 Å². The normalized spacial score (nSPS) is 18.3. The van der Waals surface area contributed by atoms with E-state index in [4.69, 9.17) is 16.1 Å². The van der Waals surface area contributed by atoms with Crippen LogP contribution in [0, 0.1) is 6.92 Å². The van der Waals surface area contributed by atoms with Crippen LogP contribution in [0.15, 0.2) is 53.1 Å². The summed E-state index contributed by atoms with van der Waals surface area (Å²) in [5, 5.41) is 0.530. The zero-order chi connectivity index (χ0) is 20.8. The Bertz CT molecular complexity index is 1100. The number of carbonyl (C=O) groups is 1. The average molecular weight is 493 g/mol. The molecule has 1 atom stereocenters. The van der Waals surface area contributed by atoms with Gasteiger partial charge in [-0.3, -0.25) is 9.36 Å². The lowest BCUT2D eigenvalue weighted by molar-refractivity contribution is -0.124. The van der Waals surface area contributed by atoms with Crippen molar-refractivity contribution in [2.24, 2.45) is 0 Å². The molecule has 2 aromatic carbocycles. The molecule has 1 amide bonds. The Morgan fingerprint density at radius 2 is 1.97 bits per heavy atom. The van der Waals surface area contributed by atoms with Crippen molar-refractivity contribution in [3.05, 3.63) is 69.3 Å². The summed E-state index contributed by atoms with van der Waals surface area (Å²) >= 11 is 9.67.